The third-order valence-electron chi connectivity index (χ3n) is 4.94. The molecule has 9 heteroatoms. The van der Waals surface area contributed by atoms with Gasteiger partial charge in [0.2, 0.25) is 5.91 Å². The first-order valence-electron chi connectivity index (χ1n) is 10.1. The van der Waals surface area contributed by atoms with E-state index in [0.717, 1.165) is 10.8 Å². The van der Waals surface area contributed by atoms with Crippen molar-refractivity contribution in [2.75, 3.05) is 9.62 Å². The number of nitriles is 1. The summed E-state index contributed by atoms with van der Waals surface area (Å²) in [5, 5.41) is 14.2. The highest BCUT2D eigenvalue weighted by molar-refractivity contribution is 7.87. The molecular weight excluding hydrogens is 454 g/mol. The van der Waals surface area contributed by atoms with Gasteiger partial charge in [-0.05, 0) is 47.9 Å². The summed E-state index contributed by atoms with van der Waals surface area (Å²) in [6.45, 7) is 1.35. The van der Waals surface area contributed by atoms with Crippen molar-refractivity contribution < 1.29 is 22.5 Å². The van der Waals surface area contributed by atoms with Crippen LogP contribution in [-0.2, 0) is 15.1 Å². The minimum absolute atomic E-state index is 0.0266. The summed E-state index contributed by atoms with van der Waals surface area (Å²) in [6, 6.07) is 25.3. The Bertz CT molecular complexity index is 1520. The van der Waals surface area contributed by atoms with E-state index in [4.69, 9.17) is 4.74 Å². The standard InChI is InChI=1S/C25H19N3O5S/c1-17(29)27-20-9-11-21(12-10-20)28(34(30,31)32)24-14-13-22(15-19(24)16-26)33-25-8-4-6-18-5-2-3-7-23(18)25/h2-15H,1H3,(H,27,29)(H,30,31,32). The SMILES string of the molecule is CC(=O)Nc1ccc(N(c2ccc(Oc3cccc4ccccc34)cc2C#N)S(=O)(=O)O)cc1. The Hall–Kier alpha value is -4.39. The number of ether oxygens (including phenoxy) is 1. The fourth-order valence-corrected chi connectivity index (χ4v) is 4.33. The van der Waals surface area contributed by atoms with E-state index < -0.39 is 10.3 Å². The molecule has 0 spiro atoms. The summed E-state index contributed by atoms with van der Waals surface area (Å²) >= 11 is 0. The molecule has 4 rings (SSSR count). The summed E-state index contributed by atoms with van der Waals surface area (Å²) < 4.78 is 41.1. The van der Waals surface area contributed by atoms with E-state index in [1.807, 2.05) is 42.5 Å². The molecule has 8 nitrogen and oxygen atoms in total. The maximum Gasteiger partial charge on any atom is 0.364 e. The molecular formula is C25H19N3O5S. The van der Waals surface area contributed by atoms with Crippen LogP contribution < -0.4 is 14.4 Å². The van der Waals surface area contributed by atoms with Crippen molar-refractivity contribution in [3.63, 3.8) is 0 Å². The van der Waals surface area contributed by atoms with E-state index in [-0.39, 0.29) is 22.8 Å². The lowest BCUT2D eigenvalue weighted by atomic mass is 10.1. The van der Waals surface area contributed by atoms with Crippen LogP contribution in [0.2, 0.25) is 0 Å². The van der Waals surface area contributed by atoms with E-state index in [1.54, 1.807) is 6.07 Å². The number of hydrogen-bond donors (Lipinski definition) is 2. The van der Waals surface area contributed by atoms with Crippen molar-refractivity contribution in [3.05, 3.63) is 90.5 Å². The molecule has 0 unspecified atom stereocenters. The second-order valence-electron chi connectivity index (χ2n) is 7.34. The van der Waals surface area contributed by atoms with Gasteiger partial charge in [0.1, 0.15) is 17.6 Å². The van der Waals surface area contributed by atoms with Crippen molar-refractivity contribution in [2.24, 2.45) is 0 Å². The number of rotatable bonds is 6. The van der Waals surface area contributed by atoms with Crippen LogP contribution in [0.5, 0.6) is 11.5 Å². The molecule has 0 heterocycles. The molecule has 170 valence electrons. The molecule has 0 radical (unpaired) electrons. The zero-order valence-corrected chi connectivity index (χ0v) is 18.8. The minimum Gasteiger partial charge on any atom is -0.457 e. The third-order valence-corrected chi connectivity index (χ3v) is 5.81. The number of hydrogen-bond acceptors (Lipinski definition) is 5. The maximum atomic E-state index is 12.3. The lowest BCUT2D eigenvalue weighted by Crippen LogP contribution is -2.26. The minimum atomic E-state index is -4.79. The quantitative estimate of drug-likeness (QED) is 0.362. The van der Waals surface area contributed by atoms with Crippen molar-refractivity contribution in [1.29, 1.82) is 5.26 Å². The van der Waals surface area contributed by atoms with Gasteiger partial charge in [0.05, 0.1) is 16.9 Å². The van der Waals surface area contributed by atoms with E-state index in [9.17, 15) is 23.0 Å². The molecule has 34 heavy (non-hydrogen) atoms. The van der Waals surface area contributed by atoms with E-state index >= 15 is 0 Å². The van der Waals surface area contributed by atoms with Gasteiger partial charge in [-0.2, -0.15) is 13.7 Å². The molecule has 0 aliphatic heterocycles. The Morgan fingerprint density at radius 2 is 1.71 bits per heavy atom. The van der Waals surface area contributed by atoms with Crippen molar-refractivity contribution >= 4 is 44.0 Å². The summed E-state index contributed by atoms with van der Waals surface area (Å²) in [5.74, 6) is 0.621. The monoisotopic (exact) mass is 473 g/mol. The maximum absolute atomic E-state index is 12.3. The Morgan fingerprint density at radius 1 is 1.00 bits per heavy atom. The molecule has 0 aromatic heterocycles. The Kier molecular flexibility index (Phi) is 6.19. The third kappa shape index (κ3) is 4.83. The smallest absolute Gasteiger partial charge is 0.364 e. The topological polar surface area (TPSA) is 120 Å². The highest BCUT2D eigenvalue weighted by atomic mass is 32.2. The van der Waals surface area contributed by atoms with Crippen LogP contribution in [0.1, 0.15) is 12.5 Å². The molecule has 0 fully saturated rings. The molecule has 2 N–H and O–H groups in total. The Morgan fingerprint density at radius 3 is 2.38 bits per heavy atom. The van der Waals surface area contributed by atoms with E-state index in [0.29, 0.717) is 21.5 Å². The Balaban J connectivity index is 1.72. The van der Waals surface area contributed by atoms with Gasteiger partial charge in [-0.25, -0.2) is 4.31 Å². The molecule has 0 saturated heterocycles. The van der Waals surface area contributed by atoms with Crippen LogP contribution in [0, 0.1) is 11.3 Å². The van der Waals surface area contributed by atoms with Crippen molar-refractivity contribution in [2.45, 2.75) is 6.92 Å². The first kappa shape index (κ1) is 22.8. The van der Waals surface area contributed by atoms with Crippen molar-refractivity contribution in [1.82, 2.24) is 0 Å². The lowest BCUT2D eigenvalue weighted by Gasteiger charge is -2.22. The fraction of sp³-hybridized carbons (Fsp3) is 0.0400. The zero-order valence-electron chi connectivity index (χ0n) is 18.0. The molecule has 4 aromatic carbocycles. The van der Waals surface area contributed by atoms with Gasteiger partial charge in [0.25, 0.3) is 0 Å². The van der Waals surface area contributed by atoms with Gasteiger partial charge in [-0.1, -0.05) is 36.4 Å². The summed E-state index contributed by atoms with van der Waals surface area (Å²) in [5.41, 5.74) is 0.450. The van der Waals surface area contributed by atoms with E-state index in [1.165, 1.54) is 49.4 Å². The first-order chi connectivity index (χ1) is 16.3. The van der Waals surface area contributed by atoms with Gasteiger partial charge < -0.3 is 10.1 Å². The van der Waals surface area contributed by atoms with Gasteiger partial charge in [0.15, 0.2) is 0 Å². The zero-order chi connectivity index (χ0) is 24.3. The molecule has 0 bridgehead atoms. The summed E-state index contributed by atoms with van der Waals surface area (Å²) in [7, 11) is -4.79. The number of anilines is 3. The number of benzene rings is 4. The van der Waals surface area contributed by atoms with Crippen LogP contribution in [-0.4, -0.2) is 18.9 Å². The molecule has 0 aliphatic carbocycles. The van der Waals surface area contributed by atoms with Crippen molar-refractivity contribution in [3.8, 4) is 17.6 Å². The number of carbonyl (C=O) groups is 1. The highest BCUT2D eigenvalue weighted by Crippen LogP contribution is 2.36. The number of fused-ring (bicyclic) bond motifs is 1. The molecule has 0 atom stereocenters. The predicted molar refractivity (Wildman–Crippen MR) is 130 cm³/mol. The molecule has 0 saturated carbocycles. The van der Waals surface area contributed by atoms with Crippen LogP contribution >= 0.6 is 0 Å². The highest BCUT2D eigenvalue weighted by Gasteiger charge is 2.25. The summed E-state index contributed by atoms with van der Waals surface area (Å²) in [4.78, 5) is 11.2. The van der Waals surface area contributed by atoms with Gasteiger partial charge in [-0.3, -0.25) is 9.35 Å². The number of nitrogens with zero attached hydrogens (tertiary/aromatic N) is 2. The second-order valence-corrected chi connectivity index (χ2v) is 8.60. The largest absolute Gasteiger partial charge is 0.457 e. The second kappa shape index (κ2) is 9.23. The average Bonchev–Trinajstić information content (AvgIpc) is 2.80. The molecule has 1 amide bonds. The summed E-state index contributed by atoms with van der Waals surface area (Å²) in [6.07, 6.45) is 0. The van der Waals surface area contributed by atoms with Crippen LogP contribution in [0.15, 0.2) is 84.9 Å². The van der Waals surface area contributed by atoms with Gasteiger partial charge in [0, 0.05) is 24.1 Å². The fourth-order valence-electron chi connectivity index (χ4n) is 3.54. The number of amides is 1. The normalized spacial score (nSPS) is 11.0. The average molecular weight is 474 g/mol. The predicted octanol–water partition coefficient (Wildman–Crippen LogP) is 5.40. The lowest BCUT2D eigenvalue weighted by molar-refractivity contribution is -0.114. The number of nitrogens with one attached hydrogen (secondary N) is 1. The number of carbonyl (C=O) groups excluding carboxylic acids is 1. The van der Waals surface area contributed by atoms with Crippen LogP contribution in [0.4, 0.5) is 17.1 Å². The van der Waals surface area contributed by atoms with Crippen LogP contribution in [0.3, 0.4) is 0 Å². The van der Waals surface area contributed by atoms with Gasteiger partial charge in [-0.15, -0.1) is 0 Å². The molecule has 4 aromatic rings. The Labute approximate surface area is 196 Å². The van der Waals surface area contributed by atoms with Gasteiger partial charge >= 0.3 is 10.3 Å². The molecule has 0 aliphatic rings. The first-order valence-corrected chi connectivity index (χ1v) is 11.5. The van der Waals surface area contributed by atoms with E-state index in [2.05, 4.69) is 5.32 Å². The van der Waals surface area contributed by atoms with Crippen LogP contribution in [0.25, 0.3) is 10.8 Å².